The summed E-state index contributed by atoms with van der Waals surface area (Å²) < 4.78 is 29.5. The fourth-order valence-electron chi connectivity index (χ4n) is 2.75. The van der Waals surface area contributed by atoms with Gasteiger partial charge in [0, 0.05) is 17.0 Å². The van der Waals surface area contributed by atoms with E-state index in [2.05, 4.69) is 10.2 Å². The van der Waals surface area contributed by atoms with Crippen molar-refractivity contribution in [3.63, 3.8) is 0 Å². The van der Waals surface area contributed by atoms with Gasteiger partial charge in [-0.05, 0) is 35.9 Å². The Morgan fingerprint density at radius 1 is 0.815 bits per heavy atom. The van der Waals surface area contributed by atoms with Gasteiger partial charge >= 0.3 is 0 Å². The summed E-state index contributed by atoms with van der Waals surface area (Å²) in [6, 6.07) is 22.5. The van der Waals surface area contributed by atoms with Gasteiger partial charge in [0.1, 0.15) is 11.6 Å². The van der Waals surface area contributed by atoms with Gasteiger partial charge in [-0.25, -0.2) is 8.78 Å². The molecule has 0 fully saturated rings. The van der Waals surface area contributed by atoms with E-state index in [-0.39, 0.29) is 11.6 Å². The fourth-order valence-corrected chi connectivity index (χ4v) is 3.68. The van der Waals surface area contributed by atoms with Crippen molar-refractivity contribution >= 4 is 11.8 Å². The van der Waals surface area contributed by atoms with Crippen molar-refractivity contribution in [3.05, 3.63) is 96.1 Å². The number of para-hydroxylation sites is 1. The zero-order valence-electron chi connectivity index (χ0n) is 14.2. The maximum atomic E-state index is 13.9. The Bertz CT molecular complexity index is 1060. The molecule has 0 atom stereocenters. The highest BCUT2D eigenvalue weighted by molar-refractivity contribution is 7.98. The highest BCUT2D eigenvalue weighted by atomic mass is 32.2. The number of benzene rings is 3. The van der Waals surface area contributed by atoms with E-state index in [9.17, 15) is 8.78 Å². The van der Waals surface area contributed by atoms with Crippen molar-refractivity contribution in [2.75, 3.05) is 0 Å². The van der Waals surface area contributed by atoms with Crippen molar-refractivity contribution in [1.29, 1.82) is 0 Å². The molecule has 3 nitrogen and oxygen atoms in total. The van der Waals surface area contributed by atoms with E-state index in [0.29, 0.717) is 27.9 Å². The molecule has 0 radical (unpaired) electrons. The van der Waals surface area contributed by atoms with Crippen LogP contribution < -0.4 is 0 Å². The summed E-state index contributed by atoms with van der Waals surface area (Å²) in [5.74, 6) is 0.370. The SMILES string of the molecule is Fc1cccc(-c2nnc(SCc3ccccc3F)n2-c2ccccc2)c1. The van der Waals surface area contributed by atoms with Crippen molar-refractivity contribution in [3.8, 4) is 17.1 Å². The second-order valence-electron chi connectivity index (χ2n) is 5.87. The van der Waals surface area contributed by atoms with Crippen molar-refractivity contribution in [2.45, 2.75) is 10.9 Å². The molecule has 0 aliphatic carbocycles. The Morgan fingerprint density at radius 2 is 1.59 bits per heavy atom. The van der Waals surface area contributed by atoms with Crippen molar-refractivity contribution in [2.24, 2.45) is 0 Å². The van der Waals surface area contributed by atoms with Gasteiger partial charge in [0.2, 0.25) is 0 Å². The summed E-state index contributed by atoms with van der Waals surface area (Å²) in [7, 11) is 0. The maximum absolute atomic E-state index is 13.9. The molecular formula is C21H15F2N3S. The molecule has 0 aliphatic rings. The second-order valence-corrected chi connectivity index (χ2v) is 6.81. The standard InChI is InChI=1S/C21H15F2N3S/c22-17-9-6-8-15(13-17)20-24-25-21(26(20)18-10-2-1-3-11-18)27-14-16-7-4-5-12-19(16)23/h1-13H,14H2. The molecule has 0 amide bonds. The quantitative estimate of drug-likeness (QED) is 0.429. The average Bonchev–Trinajstić information content (AvgIpc) is 3.12. The van der Waals surface area contributed by atoms with E-state index in [0.717, 1.165) is 5.69 Å². The highest BCUT2D eigenvalue weighted by Crippen LogP contribution is 2.30. The van der Waals surface area contributed by atoms with Crippen LogP contribution in [0.4, 0.5) is 8.78 Å². The van der Waals surface area contributed by atoms with E-state index in [1.807, 2.05) is 34.9 Å². The molecule has 4 aromatic rings. The smallest absolute Gasteiger partial charge is 0.196 e. The van der Waals surface area contributed by atoms with Crippen LogP contribution in [0.1, 0.15) is 5.56 Å². The van der Waals surface area contributed by atoms with Gasteiger partial charge in [-0.15, -0.1) is 10.2 Å². The number of nitrogens with zero attached hydrogens (tertiary/aromatic N) is 3. The Kier molecular flexibility index (Phi) is 4.98. The minimum Gasteiger partial charge on any atom is -0.270 e. The number of hydrogen-bond donors (Lipinski definition) is 0. The van der Waals surface area contributed by atoms with Crippen LogP contribution in [-0.4, -0.2) is 14.8 Å². The van der Waals surface area contributed by atoms with E-state index in [1.54, 1.807) is 30.3 Å². The first-order valence-corrected chi connectivity index (χ1v) is 9.34. The average molecular weight is 379 g/mol. The molecule has 0 N–H and O–H groups in total. The number of aromatic nitrogens is 3. The largest absolute Gasteiger partial charge is 0.270 e. The van der Waals surface area contributed by atoms with Crippen LogP contribution in [0, 0.1) is 11.6 Å². The molecule has 27 heavy (non-hydrogen) atoms. The molecule has 134 valence electrons. The second kappa shape index (κ2) is 7.72. The third kappa shape index (κ3) is 3.75. The number of hydrogen-bond acceptors (Lipinski definition) is 3. The lowest BCUT2D eigenvalue weighted by Crippen LogP contribution is -2.00. The number of halogens is 2. The van der Waals surface area contributed by atoms with Gasteiger partial charge in [0.05, 0.1) is 0 Å². The van der Waals surface area contributed by atoms with Crippen molar-refractivity contribution in [1.82, 2.24) is 14.8 Å². The zero-order valence-corrected chi connectivity index (χ0v) is 15.0. The first-order chi connectivity index (χ1) is 13.2. The van der Waals surface area contributed by atoms with Gasteiger partial charge in [0.25, 0.3) is 0 Å². The van der Waals surface area contributed by atoms with Crippen LogP contribution >= 0.6 is 11.8 Å². The summed E-state index contributed by atoms with van der Waals surface area (Å²) in [5.41, 5.74) is 2.08. The summed E-state index contributed by atoms with van der Waals surface area (Å²) in [6.07, 6.45) is 0. The number of rotatable bonds is 5. The lowest BCUT2D eigenvalue weighted by molar-refractivity contribution is 0.617. The maximum Gasteiger partial charge on any atom is 0.196 e. The molecule has 1 heterocycles. The predicted molar refractivity (Wildman–Crippen MR) is 103 cm³/mol. The molecule has 4 rings (SSSR count). The molecule has 0 aliphatic heterocycles. The lowest BCUT2D eigenvalue weighted by Gasteiger charge is -2.10. The summed E-state index contributed by atoms with van der Waals surface area (Å²) in [4.78, 5) is 0. The summed E-state index contributed by atoms with van der Waals surface area (Å²) in [5, 5.41) is 9.16. The topological polar surface area (TPSA) is 30.7 Å². The summed E-state index contributed by atoms with van der Waals surface area (Å²) >= 11 is 1.38. The Morgan fingerprint density at radius 3 is 2.37 bits per heavy atom. The van der Waals surface area contributed by atoms with E-state index >= 15 is 0 Å². The molecular weight excluding hydrogens is 364 g/mol. The van der Waals surface area contributed by atoms with Gasteiger partial charge in [-0.2, -0.15) is 0 Å². The van der Waals surface area contributed by atoms with Crippen LogP contribution in [0.25, 0.3) is 17.1 Å². The molecule has 0 saturated heterocycles. The number of thioether (sulfide) groups is 1. The summed E-state index contributed by atoms with van der Waals surface area (Å²) in [6.45, 7) is 0. The van der Waals surface area contributed by atoms with Gasteiger partial charge < -0.3 is 0 Å². The Hall–Kier alpha value is -2.99. The first-order valence-electron chi connectivity index (χ1n) is 8.35. The van der Waals surface area contributed by atoms with E-state index in [4.69, 9.17) is 0 Å². The van der Waals surface area contributed by atoms with Crippen LogP contribution in [0.5, 0.6) is 0 Å². The Balaban J connectivity index is 1.75. The van der Waals surface area contributed by atoms with Gasteiger partial charge in [-0.1, -0.05) is 60.3 Å². The lowest BCUT2D eigenvalue weighted by atomic mass is 10.2. The van der Waals surface area contributed by atoms with E-state index < -0.39 is 0 Å². The normalized spacial score (nSPS) is 10.9. The van der Waals surface area contributed by atoms with Gasteiger partial charge in [0.15, 0.2) is 11.0 Å². The minimum atomic E-state index is -0.337. The van der Waals surface area contributed by atoms with Crippen LogP contribution in [0.2, 0.25) is 0 Å². The molecule has 6 heteroatoms. The molecule has 0 unspecified atom stereocenters. The highest BCUT2D eigenvalue weighted by Gasteiger charge is 2.17. The zero-order chi connectivity index (χ0) is 18.6. The third-order valence-electron chi connectivity index (χ3n) is 4.05. The molecule has 0 saturated carbocycles. The third-order valence-corrected chi connectivity index (χ3v) is 5.02. The minimum absolute atomic E-state index is 0.249. The van der Waals surface area contributed by atoms with Crippen LogP contribution in [-0.2, 0) is 5.75 Å². The Labute approximate surface area is 159 Å². The molecule has 3 aromatic carbocycles. The van der Waals surface area contributed by atoms with Crippen molar-refractivity contribution < 1.29 is 8.78 Å². The monoisotopic (exact) mass is 379 g/mol. The van der Waals surface area contributed by atoms with Gasteiger partial charge in [-0.3, -0.25) is 4.57 Å². The predicted octanol–water partition coefficient (Wildman–Crippen LogP) is 5.50. The molecule has 1 aromatic heterocycles. The van der Waals surface area contributed by atoms with Crippen LogP contribution in [0.3, 0.4) is 0 Å². The van der Waals surface area contributed by atoms with Crippen LogP contribution in [0.15, 0.2) is 84.0 Å². The molecule has 0 spiro atoms. The first kappa shape index (κ1) is 17.4. The fraction of sp³-hybridized carbons (Fsp3) is 0.0476. The van der Waals surface area contributed by atoms with E-state index in [1.165, 1.54) is 30.0 Å². The molecule has 0 bridgehead atoms.